The van der Waals surface area contributed by atoms with E-state index in [-0.39, 0.29) is 10.3 Å². The van der Waals surface area contributed by atoms with E-state index in [0.29, 0.717) is 9.67 Å². The van der Waals surface area contributed by atoms with Crippen molar-refractivity contribution < 1.29 is 8.42 Å². The predicted molar refractivity (Wildman–Crippen MR) is 82.6 cm³/mol. The van der Waals surface area contributed by atoms with E-state index >= 15 is 0 Å². The first-order valence-electron chi connectivity index (χ1n) is 5.41. The lowest BCUT2D eigenvalue weighted by molar-refractivity contribution is 0.571. The van der Waals surface area contributed by atoms with Gasteiger partial charge in [0.1, 0.15) is 4.21 Å². The third-order valence-electron chi connectivity index (χ3n) is 2.47. The molecule has 102 valence electrons. The smallest absolute Gasteiger partial charge is 0.206 e. The van der Waals surface area contributed by atoms with Gasteiger partial charge in [0.2, 0.25) is 0 Å². The monoisotopic (exact) mass is 379 g/mol. The minimum absolute atomic E-state index is 0.222. The molecule has 0 aliphatic rings. The molecule has 19 heavy (non-hydrogen) atoms. The molecule has 0 fully saturated rings. The van der Waals surface area contributed by atoms with Crippen LogP contribution < -0.4 is 4.72 Å². The first kappa shape index (κ1) is 15.0. The minimum atomic E-state index is -3.54. The third kappa shape index (κ3) is 3.79. The van der Waals surface area contributed by atoms with E-state index in [1.807, 2.05) is 30.3 Å². The van der Waals surface area contributed by atoms with Crippen LogP contribution in [0.2, 0.25) is 4.34 Å². The molecule has 1 aromatic carbocycles. The van der Waals surface area contributed by atoms with E-state index < -0.39 is 10.0 Å². The van der Waals surface area contributed by atoms with Crippen LogP contribution in [-0.4, -0.2) is 13.7 Å². The Labute approximate surface area is 129 Å². The zero-order valence-corrected chi connectivity index (χ0v) is 13.7. The van der Waals surface area contributed by atoms with Gasteiger partial charge in [-0.1, -0.05) is 57.9 Å². The van der Waals surface area contributed by atoms with Gasteiger partial charge in [-0.05, 0) is 17.7 Å². The van der Waals surface area contributed by atoms with Crippen LogP contribution in [0.1, 0.15) is 11.6 Å². The van der Waals surface area contributed by atoms with Crippen molar-refractivity contribution in [3.05, 3.63) is 52.4 Å². The minimum Gasteiger partial charge on any atom is -0.206 e. The Bertz CT molecular complexity index is 643. The lowest BCUT2D eigenvalue weighted by atomic mass is 10.1. The molecule has 0 saturated carbocycles. The Kier molecular flexibility index (Phi) is 5.03. The number of benzene rings is 1. The molecule has 0 aliphatic carbocycles. The maximum Gasteiger partial charge on any atom is 0.250 e. The summed E-state index contributed by atoms with van der Waals surface area (Å²) in [5, 5.41) is 0.495. The normalized spacial score (nSPS) is 13.4. The Hall–Kier alpha value is -0.400. The Morgan fingerprint density at radius 3 is 2.42 bits per heavy atom. The van der Waals surface area contributed by atoms with E-state index in [2.05, 4.69) is 20.7 Å². The van der Waals surface area contributed by atoms with Crippen LogP contribution in [0.5, 0.6) is 0 Å². The molecule has 2 rings (SSSR count). The van der Waals surface area contributed by atoms with Crippen LogP contribution in [0, 0.1) is 0 Å². The number of halogens is 2. The van der Waals surface area contributed by atoms with Gasteiger partial charge in [-0.15, -0.1) is 11.3 Å². The summed E-state index contributed by atoms with van der Waals surface area (Å²) in [6.45, 7) is 0. The highest BCUT2D eigenvalue weighted by atomic mass is 79.9. The topological polar surface area (TPSA) is 46.2 Å². The number of alkyl halides is 1. The van der Waals surface area contributed by atoms with Crippen LogP contribution in [0.3, 0.4) is 0 Å². The largest absolute Gasteiger partial charge is 0.250 e. The zero-order valence-electron chi connectivity index (χ0n) is 9.71. The molecule has 0 bridgehead atoms. The van der Waals surface area contributed by atoms with E-state index in [0.717, 1.165) is 16.9 Å². The lowest BCUT2D eigenvalue weighted by Gasteiger charge is -2.16. The molecule has 0 aliphatic heterocycles. The molecule has 7 heteroatoms. The predicted octanol–water partition coefficient (Wildman–Crippen LogP) is 3.82. The molecule has 1 unspecified atom stereocenters. The molecule has 0 amide bonds. The van der Waals surface area contributed by atoms with Gasteiger partial charge >= 0.3 is 0 Å². The fourth-order valence-corrected chi connectivity index (χ4v) is 5.04. The summed E-state index contributed by atoms with van der Waals surface area (Å²) in [6, 6.07) is 12.2. The highest BCUT2D eigenvalue weighted by Crippen LogP contribution is 2.27. The second-order valence-corrected chi connectivity index (χ2v) is 8.10. The van der Waals surface area contributed by atoms with Gasteiger partial charge in [0, 0.05) is 5.33 Å². The summed E-state index contributed by atoms with van der Waals surface area (Å²) in [5.74, 6) is 0. The lowest BCUT2D eigenvalue weighted by Crippen LogP contribution is -2.29. The van der Waals surface area contributed by atoms with Crippen molar-refractivity contribution in [3.8, 4) is 0 Å². The molecule has 2 aromatic rings. The van der Waals surface area contributed by atoms with Crippen LogP contribution in [-0.2, 0) is 10.0 Å². The molecular weight excluding hydrogens is 370 g/mol. The second-order valence-electron chi connectivity index (χ2n) is 3.80. The summed E-state index contributed by atoms with van der Waals surface area (Å²) in [6.07, 6.45) is 0. The fraction of sp³-hybridized carbons (Fsp3) is 0.167. The van der Waals surface area contributed by atoms with Gasteiger partial charge < -0.3 is 0 Å². The molecule has 0 spiro atoms. The van der Waals surface area contributed by atoms with Crippen molar-refractivity contribution in [1.82, 2.24) is 4.72 Å². The number of rotatable bonds is 5. The third-order valence-corrected chi connectivity index (χ3v) is 6.31. The van der Waals surface area contributed by atoms with E-state index in [9.17, 15) is 8.42 Å². The number of thiophene rings is 1. The van der Waals surface area contributed by atoms with E-state index in [1.54, 1.807) is 6.07 Å². The fourth-order valence-electron chi connectivity index (χ4n) is 1.56. The van der Waals surface area contributed by atoms with Gasteiger partial charge in [0.05, 0.1) is 10.4 Å². The summed E-state index contributed by atoms with van der Waals surface area (Å²) in [5.41, 5.74) is 0.908. The van der Waals surface area contributed by atoms with E-state index in [1.165, 1.54) is 6.07 Å². The first-order chi connectivity index (χ1) is 9.03. The van der Waals surface area contributed by atoms with Crippen LogP contribution in [0.15, 0.2) is 46.7 Å². The number of sulfonamides is 1. The van der Waals surface area contributed by atoms with Crippen molar-refractivity contribution in [1.29, 1.82) is 0 Å². The zero-order chi connectivity index (χ0) is 13.9. The van der Waals surface area contributed by atoms with Crippen molar-refractivity contribution in [2.75, 3.05) is 5.33 Å². The molecule has 1 atom stereocenters. The van der Waals surface area contributed by atoms with Crippen molar-refractivity contribution in [2.24, 2.45) is 0 Å². The van der Waals surface area contributed by atoms with Crippen LogP contribution >= 0.6 is 38.9 Å². The Morgan fingerprint density at radius 1 is 1.21 bits per heavy atom. The molecule has 1 N–H and O–H groups in total. The van der Waals surface area contributed by atoms with Gasteiger partial charge in [0.15, 0.2) is 0 Å². The molecule has 1 aromatic heterocycles. The highest BCUT2D eigenvalue weighted by molar-refractivity contribution is 9.09. The van der Waals surface area contributed by atoms with Crippen LogP contribution in [0.25, 0.3) is 0 Å². The summed E-state index contributed by atoms with van der Waals surface area (Å²) < 4.78 is 27.8. The van der Waals surface area contributed by atoms with Crippen molar-refractivity contribution in [3.63, 3.8) is 0 Å². The number of nitrogens with one attached hydrogen (secondary N) is 1. The van der Waals surface area contributed by atoms with Gasteiger partial charge in [-0.25, -0.2) is 13.1 Å². The Morgan fingerprint density at radius 2 is 1.89 bits per heavy atom. The quantitative estimate of drug-likeness (QED) is 0.802. The van der Waals surface area contributed by atoms with Crippen molar-refractivity contribution >= 4 is 48.9 Å². The molecule has 0 saturated heterocycles. The molecule has 0 radical (unpaired) electrons. The molecule has 1 heterocycles. The Balaban J connectivity index is 2.23. The maximum absolute atomic E-state index is 12.2. The standard InChI is InChI=1S/C12H11BrClNO2S2/c13-8-10(9-4-2-1-3-5-9)15-19(16,17)12-7-6-11(14)18-12/h1-7,10,15H,8H2. The summed E-state index contributed by atoms with van der Waals surface area (Å²) in [7, 11) is -3.54. The maximum atomic E-state index is 12.2. The SMILES string of the molecule is O=S(=O)(NC(CBr)c1ccccc1)c1ccc(Cl)s1. The highest BCUT2D eigenvalue weighted by Gasteiger charge is 2.22. The average molecular weight is 381 g/mol. The second kappa shape index (κ2) is 6.37. The van der Waals surface area contributed by atoms with Crippen molar-refractivity contribution in [2.45, 2.75) is 10.3 Å². The van der Waals surface area contributed by atoms with Gasteiger partial charge in [0.25, 0.3) is 10.0 Å². The first-order valence-corrected chi connectivity index (χ1v) is 9.21. The number of hydrogen-bond donors (Lipinski definition) is 1. The molecule has 3 nitrogen and oxygen atoms in total. The van der Waals surface area contributed by atoms with Gasteiger partial charge in [-0.3, -0.25) is 0 Å². The molecular formula is C12H11BrClNO2S2. The summed E-state index contributed by atoms with van der Waals surface area (Å²) >= 11 is 10.1. The summed E-state index contributed by atoms with van der Waals surface area (Å²) in [4.78, 5) is 0. The van der Waals surface area contributed by atoms with Crippen LogP contribution in [0.4, 0.5) is 0 Å². The average Bonchev–Trinajstić information content (AvgIpc) is 2.85. The number of hydrogen-bond acceptors (Lipinski definition) is 3. The van der Waals surface area contributed by atoms with E-state index in [4.69, 9.17) is 11.6 Å². The van der Waals surface area contributed by atoms with Gasteiger partial charge in [-0.2, -0.15) is 0 Å².